The first-order valence-electron chi connectivity index (χ1n) is 9.98. The number of carbonyl (C=O) groups is 2. The molecular weight excluding hydrogens is 503 g/mol. The van der Waals surface area contributed by atoms with Crippen molar-refractivity contribution in [1.82, 2.24) is 10.2 Å². The van der Waals surface area contributed by atoms with E-state index in [4.69, 9.17) is 27.9 Å². The second-order valence-corrected chi connectivity index (χ2v) is 9.45. The third kappa shape index (κ3) is 7.70. The number of rotatable bonds is 9. The number of nitrogens with one attached hydrogen (secondary N) is 1. The number of halogens is 3. The molecule has 0 aliphatic carbocycles. The van der Waals surface area contributed by atoms with Crippen LogP contribution in [0.25, 0.3) is 0 Å². The summed E-state index contributed by atoms with van der Waals surface area (Å²) in [6.07, 6.45) is 0. The number of ether oxygens (including phenoxy) is 1. The summed E-state index contributed by atoms with van der Waals surface area (Å²) < 4.78 is 6.66. The predicted octanol–water partition coefficient (Wildman–Crippen LogP) is 5.63. The lowest BCUT2D eigenvalue weighted by atomic mass is 10.1. The minimum Gasteiger partial charge on any atom is -0.484 e. The zero-order valence-corrected chi connectivity index (χ0v) is 21.1. The van der Waals surface area contributed by atoms with Gasteiger partial charge in [-0.3, -0.25) is 9.59 Å². The zero-order valence-electron chi connectivity index (χ0n) is 18.0. The fourth-order valence-electron chi connectivity index (χ4n) is 2.80. The molecule has 0 aliphatic heterocycles. The molecule has 0 fully saturated rings. The van der Waals surface area contributed by atoms with Crippen molar-refractivity contribution in [2.24, 2.45) is 5.92 Å². The van der Waals surface area contributed by atoms with E-state index >= 15 is 0 Å². The van der Waals surface area contributed by atoms with Crippen molar-refractivity contribution >= 4 is 50.9 Å². The van der Waals surface area contributed by atoms with Crippen LogP contribution in [0.3, 0.4) is 0 Å². The van der Waals surface area contributed by atoms with Crippen molar-refractivity contribution in [2.75, 3.05) is 13.2 Å². The van der Waals surface area contributed by atoms with Gasteiger partial charge in [0.05, 0.1) is 10.0 Å². The Labute approximate surface area is 202 Å². The van der Waals surface area contributed by atoms with Crippen molar-refractivity contribution in [2.45, 2.75) is 40.3 Å². The number of amides is 2. The van der Waals surface area contributed by atoms with Crippen LogP contribution in [-0.4, -0.2) is 35.9 Å². The second-order valence-electron chi connectivity index (χ2n) is 7.78. The monoisotopic (exact) mass is 528 g/mol. The summed E-state index contributed by atoms with van der Waals surface area (Å²) in [5.74, 6) is 0.361. The summed E-state index contributed by atoms with van der Waals surface area (Å²) in [6, 6.07) is 9.97. The van der Waals surface area contributed by atoms with E-state index in [1.54, 1.807) is 31.2 Å². The van der Waals surface area contributed by atoms with Crippen LogP contribution in [0.15, 0.2) is 40.9 Å². The molecule has 0 unspecified atom stereocenters. The topological polar surface area (TPSA) is 58.6 Å². The largest absolute Gasteiger partial charge is 0.484 e. The number of hydrogen-bond acceptors (Lipinski definition) is 3. The van der Waals surface area contributed by atoms with Gasteiger partial charge in [-0.15, -0.1) is 0 Å². The molecular formula is C23H27BrCl2N2O3. The van der Waals surface area contributed by atoms with E-state index in [0.717, 1.165) is 15.6 Å². The summed E-state index contributed by atoms with van der Waals surface area (Å²) in [7, 11) is 0. The second kappa shape index (κ2) is 11.7. The van der Waals surface area contributed by atoms with Crippen LogP contribution in [-0.2, 0) is 16.1 Å². The average Bonchev–Trinajstić information content (AvgIpc) is 2.72. The van der Waals surface area contributed by atoms with Crippen molar-refractivity contribution in [3.05, 3.63) is 62.0 Å². The fourth-order valence-corrected chi connectivity index (χ4v) is 3.37. The Morgan fingerprint density at radius 3 is 2.42 bits per heavy atom. The van der Waals surface area contributed by atoms with Gasteiger partial charge in [-0.1, -0.05) is 59.0 Å². The Bertz CT molecular complexity index is 937. The predicted molar refractivity (Wildman–Crippen MR) is 129 cm³/mol. The highest BCUT2D eigenvalue weighted by Crippen LogP contribution is 2.24. The molecule has 0 bridgehead atoms. The molecule has 8 heteroatoms. The molecule has 2 aromatic carbocycles. The Kier molecular flexibility index (Phi) is 9.66. The summed E-state index contributed by atoms with van der Waals surface area (Å²) in [4.78, 5) is 27.2. The highest BCUT2D eigenvalue weighted by molar-refractivity contribution is 9.10. The molecule has 0 saturated carbocycles. The molecule has 31 heavy (non-hydrogen) atoms. The minimum absolute atomic E-state index is 0.190. The lowest BCUT2D eigenvalue weighted by molar-refractivity contribution is -0.142. The Morgan fingerprint density at radius 1 is 1.10 bits per heavy atom. The van der Waals surface area contributed by atoms with Gasteiger partial charge in [0.2, 0.25) is 5.91 Å². The number of hydrogen-bond donors (Lipinski definition) is 1. The van der Waals surface area contributed by atoms with Gasteiger partial charge < -0.3 is 15.0 Å². The van der Waals surface area contributed by atoms with Gasteiger partial charge in [-0.25, -0.2) is 0 Å². The normalized spacial score (nSPS) is 11.9. The van der Waals surface area contributed by atoms with E-state index in [2.05, 4.69) is 21.2 Å². The zero-order chi connectivity index (χ0) is 23.1. The summed E-state index contributed by atoms with van der Waals surface area (Å²) in [6.45, 7) is 8.21. The summed E-state index contributed by atoms with van der Waals surface area (Å²) in [5, 5.41) is 3.71. The van der Waals surface area contributed by atoms with Crippen molar-refractivity contribution in [3.8, 4) is 5.75 Å². The van der Waals surface area contributed by atoms with Crippen LogP contribution < -0.4 is 10.1 Å². The highest BCUT2D eigenvalue weighted by Gasteiger charge is 2.26. The molecule has 0 heterocycles. The van der Waals surface area contributed by atoms with Crippen LogP contribution in [0.4, 0.5) is 0 Å². The number of aryl methyl sites for hydroxylation is 1. The van der Waals surface area contributed by atoms with Crippen molar-refractivity contribution in [3.63, 3.8) is 0 Å². The van der Waals surface area contributed by atoms with Gasteiger partial charge in [0.25, 0.3) is 5.91 Å². The van der Waals surface area contributed by atoms with Gasteiger partial charge in [0.1, 0.15) is 11.8 Å². The third-order valence-electron chi connectivity index (χ3n) is 4.68. The molecule has 2 amide bonds. The first-order valence-corrected chi connectivity index (χ1v) is 11.5. The first kappa shape index (κ1) is 25.5. The molecule has 168 valence electrons. The standard InChI is InChI=1S/C23H27BrCl2N2O3/c1-14(2)11-27-23(30)16(4)28(12-17-5-8-20(25)21(26)10-17)22(29)13-31-18-6-7-19(24)15(3)9-18/h5-10,14,16H,11-13H2,1-4H3,(H,27,30)/t16-/m1/s1. The van der Waals surface area contributed by atoms with Crippen LogP contribution in [0.1, 0.15) is 31.9 Å². The smallest absolute Gasteiger partial charge is 0.261 e. The van der Waals surface area contributed by atoms with E-state index < -0.39 is 6.04 Å². The Hall–Kier alpha value is -1.76. The van der Waals surface area contributed by atoms with Gasteiger partial charge in [-0.05, 0) is 61.2 Å². The van der Waals surface area contributed by atoms with Gasteiger partial charge in [0, 0.05) is 17.6 Å². The van der Waals surface area contributed by atoms with E-state index in [1.165, 1.54) is 4.90 Å². The lowest BCUT2D eigenvalue weighted by Crippen LogP contribution is -2.49. The maximum absolute atomic E-state index is 13.1. The SMILES string of the molecule is Cc1cc(OCC(=O)N(Cc2ccc(Cl)c(Cl)c2)[C@H](C)C(=O)NCC(C)C)ccc1Br. The maximum atomic E-state index is 13.1. The summed E-state index contributed by atoms with van der Waals surface area (Å²) >= 11 is 15.6. The first-order chi connectivity index (χ1) is 14.6. The molecule has 1 N–H and O–H groups in total. The van der Waals surface area contributed by atoms with E-state index in [9.17, 15) is 9.59 Å². The Morgan fingerprint density at radius 2 is 1.81 bits per heavy atom. The number of nitrogens with zero attached hydrogens (tertiary/aromatic N) is 1. The van der Waals surface area contributed by atoms with E-state index in [1.807, 2.05) is 32.9 Å². The van der Waals surface area contributed by atoms with E-state index in [0.29, 0.717) is 28.3 Å². The molecule has 2 aromatic rings. The minimum atomic E-state index is -0.684. The van der Waals surface area contributed by atoms with Crippen molar-refractivity contribution < 1.29 is 14.3 Å². The molecule has 0 aromatic heterocycles. The molecule has 5 nitrogen and oxygen atoms in total. The average molecular weight is 530 g/mol. The van der Waals surface area contributed by atoms with Gasteiger partial charge in [-0.2, -0.15) is 0 Å². The molecule has 2 rings (SSSR count). The third-order valence-corrected chi connectivity index (χ3v) is 6.31. The molecule has 1 atom stereocenters. The highest BCUT2D eigenvalue weighted by atomic mass is 79.9. The van der Waals surface area contributed by atoms with Crippen LogP contribution >= 0.6 is 39.1 Å². The van der Waals surface area contributed by atoms with E-state index in [-0.39, 0.29) is 25.0 Å². The van der Waals surface area contributed by atoms with Gasteiger partial charge in [0.15, 0.2) is 6.61 Å². The summed E-state index contributed by atoms with van der Waals surface area (Å²) in [5.41, 5.74) is 1.77. The van der Waals surface area contributed by atoms with Crippen LogP contribution in [0.2, 0.25) is 10.0 Å². The maximum Gasteiger partial charge on any atom is 0.261 e. The molecule has 0 saturated heterocycles. The van der Waals surface area contributed by atoms with Gasteiger partial charge >= 0.3 is 0 Å². The number of carbonyl (C=O) groups excluding carboxylic acids is 2. The lowest BCUT2D eigenvalue weighted by Gasteiger charge is -2.29. The molecule has 0 spiro atoms. The van der Waals surface area contributed by atoms with Crippen molar-refractivity contribution in [1.29, 1.82) is 0 Å². The quantitative estimate of drug-likeness (QED) is 0.457. The number of benzene rings is 2. The fraction of sp³-hybridized carbons (Fsp3) is 0.391. The Balaban J connectivity index is 2.17. The molecule has 0 radical (unpaired) electrons. The van der Waals surface area contributed by atoms with Crippen LogP contribution in [0, 0.1) is 12.8 Å². The van der Waals surface area contributed by atoms with Crippen LogP contribution in [0.5, 0.6) is 5.75 Å². The molecule has 0 aliphatic rings.